The van der Waals surface area contributed by atoms with Gasteiger partial charge < -0.3 is 5.11 Å². The molecule has 0 heterocycles. The summed E-state index contributed by atoms with van der Waals surface area (Å²) in [6, 6.07) is 1.05. The lowest BCUT2D eigenvalue weighted by atomic mass is 10.7. The first-order valence-corrected chi connectivity index (χ1v) is 3.12. The zero-order valence-electron chi connectivity index (χ0n) is 3.31. The summed E-state index contributed by atoms with van der Waals surface area (Å²) < 4.78 is 0. The average Bonchev–Trinajstić information content (AvgIpc) is 1.41. The van der Waals surface area contributed by atoms with Crippen LogP contribution < -0.4 is 0 Å². The van der Waals surface area contributed by atoms with Gasteiger partial charge in [-0.2, -0.15) is 0 Å². The Morgan fingerprint density at radius 3 is 2.40 bits per heavy atom. The van der Waals surface area contributed by atoms with E-state index in [-0.39, 0.29) is 0 Å². The fourth-order valence-corrected chi connectivity index (χ4v) is 0.316. The topological polar surface area (TPSA) is 20.2 Å². The van der Waals surface area contributed by atoms with Crippen molar-refractivity contribution in [1.82, 2.24) is 0 Å². The van der Waals surface area contributed by atoms with E-state index in [1.54, 1.807) is 6.08 Å². The van der Waals surface area contributed by atoms with Gasteiger partial charge in [0.05, 0.1) is 6.26 Å². The number of hydrogen-bond acceptors (Lipinski definition) is 1. The van der Waals surface area contributed by atoms with Gasteiger partial charge in [-0.1, -0.05) is 6.08 Å². The van der Waals surface area contributed by atoms with Crippen molar-refractivity contribution in [3.63, 3.8) is 0 Å². The van der Waals surface area contributed by atoms with Gasteiger partial charge in [0.2, 0.25) is 0 Å². The summed E-state index contributed by atoms with van der Waals surface area (Å²) in [4.78, 5) is 0. The molecule has 0 aromatic carbocycles. The summed E-state index contributed by atoms with van der Waals surface area (Å²) >= 11 is 0. The number of rotatable bonds is 1. The van der Waals surface area contributed by atoms with Gasteiger partial charge in [-0.15, -0.1) is 0 Å². The number of allylic oxidation sites excluding steroid dienone is 1. The summed E-state index contributed by atoms with van der Waals surface area (Å²) in [5.41, 5.74) is 0. The summed E-state index contributed by atoms with van der Waals surface area (Å²) in [6.45, 7) is 0. The Bertz CT molecular complexity index is 33.9. The van der Waals surface area contributed by atoms with Crippen LogP contribution in [0.15, 0.2) is 12.3 Å². The first-order chi connectivity index (χ1) is 2.41. The lowest BCUT2D eigenvalue weighted by Crippen LogP contribution is -1.54. The molecule has 0 aliphatic heterocycles. The number of aliphatic hydroxyl groups is 1. The summed E-state index contributed by atoms with van der Waals surface area (Å²) in [5.74, 6) is 0. The highest BCUT2D eigenvalue weighted by Gasteiger charge is 1.54. The van der Waals surface area contributed by atoms with Crippen LogP contribution in [0.3, 0.4) is 0 Å². The van der Waals surface area contributed by atoms with Gasteiger partial charge in [0.15, 0.2) is 0 Å². The maximum absolute atomic E-state index is 7.91. The second-order valence-corrected chi connectivity index (χ2v) is 1.61. The molecule has 0 unspecified atom stereocenters. The van der Waals surface area contributed by atoms with Gasteiger partial charge in [0.1, 0.15) is 0 Å². The van der Waals surface area contributed by atoms with Crippen LogP contribution >= 0.6 is 0 Å². The van der Waals surface area contributed by atoms with Crippen LogP contribution in [0.25, 0.3) is 0 Å². The van der Waals surface area contributed by atoms with Gasteiger partial charge in [0.25, 0.3) is 0 Å². The molecule has 1 N–H and O–H groups in total. The van der Waals surface area contributed by atoms with Crippen LogP contribution in [0, 0.1) is 0 Å². The van der Waals surface area contributed by atoms with Crippen LogP contribution in [0.1, 0.15) is 0 Å². The van der Waals surface area contributed by atoms with Crippen molar-refractivity contribution >= 4 is 10.2 Å². The third-order valence-corrected chi connectivity index (χ3v) is 0.813. The standard InChI is InChI=1S/C3H8OSi/c4-2-1-3-5/h1-2,4H,3H2,5H3/b2-1+. The zero-order chi connectivity index (χ0) is 4.12. The van der Waals surface area contributed by atoms with Crippen LogP contribution in [0.2, 0.25) is 6.04 Å². The molecule has 0 spiro atoms. The smallest absolute Gasteiger partial charge is 0.0748 e. The van der Waals surface area contributed by atoms with Crippen molar-refractivity contribution in [2.45, 2.75) is 6.04 Å². The molecule has 0 saturated heterocycles. The lowest BCUT2D eigenvalue weighted by molar-refractivity contribution is 0.472. The Hall–Kier alpha value is -0.243. The molecule has 30 valence electrons. The molecular formula is C3H8OSi. The van der Waals surface area contributed by atoms with Crippen molar-refractivity contribution < 1.29 is 5.11 Å². The van der Waals surface area contributed by atoms with E-state index >= 15 is 0 Å². The van der Waals surface area contributed by atoms with E-state index in [0.29, 0.717) is 0 Å². The second kappa shape index (κ2) is 3.76. The Kier molecular flexibility index (Phi) is 3.57. The van der Waals surface area contributed by atoms with Gasteiger partial charge in [0, 0.05) is 10.2 Å². The monoisotopic (exact) mass is 88.0 g/mol. The summed E-state index contributed by atoms with van der Waals surface area (Å²) in [6.07, 6.45) is 2.83. The lowest BCUT2D eigenvalue weighted by Gasteiger charge is -1.65. The van der Waals surface area contributed by atoms with Crippen LogP contribution in [-0.4, -0.2) is 15.3 Å². The Morgan fingerprint density at radius 1 is 1.80 bits per heavy atom. The largest absolute Gasteiger partial charge is 0.516 e. The van der Waals surface area contributed by atoms with E-state index in [1.807, 2.05) is 0 Å². The predicted molar refractivity (Wildman–Crippen MR) is 26.5 cm³/mol. The van der Waals surface area contributed by atoms with E-state index in [2.05, 4.69) is 0 Å². The maximum Gasteiger partial charge on any atom is 0.0748 e. The van der Waals surface area contributed by atoms with Crippen molar-refractivity contribution in [3.05, 3.63) is 12.3 Å². The van der Waals surface area contributed by atoms with E-state index in [9.17, 15) is 0 Å². The third-order valence-electron chi connectivity index (χ3n) is 0.341. The molecule has 0 saturated carbocycles. The minimum Gasteiger partial charge on any atom is -0.516 e. The molecule has 0 aliphatic carbocycles. The quantitative estimate of drug-likeness (QED) is 0.349. The van der Waals surface area contributed by atoms with Crippen LogP contribution in [0.4, 0.5) is 0 Å². The molecule has 0 aromatic rings. The third kappa shape index (κ3) is 3.76. The summed E-state index contributed by atoms with van der Waals surface area (Å²) in [7, 11) is 1.15. The first-order valence-electron chi connectivity index (χ1n) is 1.71. The number of hydrogen-bond donors (Lipinski definition) is 1. The molecule has 0 rings (SSSR count). The minimum absolute atomic E-state index is 1.05. The maximum atomic E-state index is 7.91. The van der Waals surface area contributed by atoms with Gasteiger partial charge in [-0.05, 0) is 6.04 Å². The van der Waals surface area contributed by atoms with Gasteiger partial charge in [-0.25, -0.2) is 0 Å². The predicted octanol–water partition coefficient (Wildman–Crippen LogP) is -0.158. The molecule has 0 aliphatic rings. The zero-order valence-corrected chi connectivity index (χ0v) is 5.31. The highest BCUT2D eigenvalue weighted by Crippen LogP contribution is 1.68. The second-order valence-electron chi connectivity index (χ2n) is 0.793. The van der Waals surface area contributed by atoms with Crippen LogP contribution in [-0.2, 0) is 0 Å². The van der Waals surface area contributed by atoms with Gasteiger partial charge in [-0.3, -0.25) is 0 Å². The molecule has 0 amide bonds. The molecule has 5 heavy (non-hydrogen) atoms. The molecule has 2 heteroatoms. The van der Waals surface area contributed by atoms with Crippen molar-refractivity contribution in [3.8, 4) is 0 Å². The van der Waals surface area contributed by atoms with E-state index in [1.165, 1.54) is 0 Å². The van der Waals surface area contributed by atoms with E-state index in [0.717, 1.165) is 22.5 Å². The fourth-order valence-electron chi connectivity index (χ4n) is 0.105. The molecule has 0 fully saturated rings. The fraction of sp³-hybridized carbons (Fsp3) is 0.333. The van der Waals surface area contributed by atoms with E-state index in [4.69, 9.17) is 5.11 Å². The molecule has 0 radical (unpaired) electrons. The average molecular weight is 88.2 g/mol. The Balaban J connectivity index is 2.62. The summed E-state index contributed by atoms with van der Waals surface area (Å²) in [5, 5.41) is 7.91. The van der Waals surface area contributed by atoms with Crippen molar-refractivity contribution in [2.75, 3.05) is 0 Å². The van der Waals surface area contributed by atoms with Crippen LogP contribution in [0.5, 0.6) is 0 Å². The molecular weight excluding hydrogens is 80.1 g/mol. The highest BCUT2D eigenvalue weighted by atomic mass is 28.1. The molecule has 0 aromatic heterocycles. The van der Waals surface area contributed by atoms with Gasteiger partial charge >= 0.3 is 0 Å². The molecule has 0 atom stereocenters. The molecule has 1 nitrogen and oxygen atoms in total. The SMILES string of the molecule is O/C=C/C[SiH3]. The minimum atomic E-state index is 1.05. The first kappa shape index (κ1) is 4.76. The van der Waals surface area contributed by atoms with Crippen molar-refractivity contribution in [1.29, 1.82) is 0 Å². The van der Waals surface area contributed by atoms with E-state index < -0.39 is 0 Å². The normalized spacial score (nSPS) is 10.4. The molecule has 0 bridgehead atoms. The number of aliphatic hydroxyl groups excluding tert-OH is 1. The highest BCUT2D eigenvalue weighted by molar-refractivity contribution is 6.09. The Morgan fingerprint density at radius 2 is 2.40 bits per heavy atom. The Labute approximate surface area is 34.7 Å². The van der Waals surface area contributed by atoms with Crippen molar-refractivity contribution in [2.24, 2.45) is 0 Å².